The third-order valence-corrected chi connectivity index (χ3v) is 2.21. The highest BCUT2D eigenvalue weighted by molar-refractivity contribution is 5.38. The van der Waals surface area contributed by atoms with Crippen LogP contribution in [0, 0.1) is 0 Å². The van der Waals surface area contributed by atoms with E-state index >= 15 is 0 Å². The molecule has 0 radical (unpaired) electrons. The minimum atomic E-state index is -0.310. The number of hydrogen-bond acceptors (Lipinski definition) is 2. The summed E-state index contributed by atoms with van der Waals surface area (Å²) in [5.74, 6) is 0. The van der Waals surface area contributed by atoms with Crippen LogP contribution in [0.2, 0.25) is 0 Å². The fourth-order valence-electron chi connectivity index (χ4n) is 1.13. The second-order valence-electron chi connectivity index (χ2n) is 3.96. The molecule has 0 N–H and O–H groups in total. The molecule has 0 saturated heterocycles. The van der Waals surface area contributed by atoms with E-state index in [1.54, 1.807) is 0 Å². The number of carbonyl (C=O) groups excluding carboxylic acids is 1. The maximum atomic E-state index is 10.1. The maximum absolute atomic E-state index is 10.1. The summed E-state index contributed by atoms with van der Waals surface area (Å²) in [4.78, 5) is 10.1. The largest absolute Gasteiger partial charge is 0.462 e. The van der Waals surface area contributed by atoms with Crippen LogP contribution in [0.5, 0.6) is 0 Å². The molecule has 2 heteroatoms. The van der Waals surface area contributed by atoms with Gasteiger partial charge in [0.15, 0.2) is 0 Å². The molecule has 0 amide bonds. The van der Waals surface area contributed by atoms with E-state index in [0.717, 1.165) is 19.3 Å². The van der Waals surface area contributed by atoms with Gasteiger partial charge in [-0.3, -0.25) is 4.79 Å². The number of allylic oxidation sites excluding steroid dienone is 2. The van der Waals surface area contributed by atoms with Crippen LogP contribution >= 0.6 is 0 Å². The van der Waals surface area contributed by atoms with Gasteiger partial charge in [0.05, 0.1) is 0 Å². The van der Waals surface area contributed by atoms with Crippen molar-refractivity contribution >= 4 is 6.47 Å². The van der Waals surface area contributed by atoms with Crippen LogP contribution in [-0.2, 0) is 9.53 Å². The minimum absolute atomic E-state index is 0.310. The van der Waals surface area contributed by atoms with E-state index in [2.05, 4.69) is 13.0 Å². The molecular weight excluding hydrogens is 164 g/mol. The Kier molecular flexibility index (Phi) is 5.44. The fourth-order valence-corrected chi connectivity index (χ4v) is 1.13. The molecule has 0 rings (SSSR count). The molecule has 0 heterocycles. The van der Waals surface area contributed by atoms with E-state index in [9.17, 15) is 4.79 Å². The number of hydrogen-bond donors (Lipinski definition) is 0. The van der Waals surface area contributed by atoms with Gasteiger partial charge in [-0.25, -0.2) is 0 Å². The predicted octanol–water partition coefficient (Wildman–Crippen LogP) is 3.07. The van der Waals surface area contributed by atoms with Crippen LogP contribution in [0.25, 0.3) is 0 Å². The van der Waals surface area contributed by atoms with Crippen LogP contribution in [0.4, 0.5) is 0 Å². The highest BCUT2D eigenvalue weighted by atomic mass is 16.5. The van der Waals surface area contributed by atoms with Gasteiger partial charge in [0.2, 0.25) is 0 Å². The van der Waals surface area contributed by atoms with Gasteiger partial charge in [-0.05, 0) is 47.0 Å². The highest BCUT2D eigenvalue weighted by Gasteiger charge is 2.17. The summed E-state index contributed by atoms with van der Waals surface area (Å²) in [6, 6.07) is 0. The van der Waals surface area contributed by atoms with Gasteiger partial charge in [-0.1, -0.05) is 11.6 Å². The van der Waals surface area contributed by atoms with Gasteiger partial charge in [0.1, 0.15) is 5.60 Å². The zero-order valence-corrected chi connectivity index (χ0v) is 9.09. The highest BCUT2D eigenvalue weighted by Crippen LogP contribution is 2.18. The monoisotopic (exact) mass is 184 g/mol. The lowest BCUT2D eigenvalue weighted by atomic mass is 9.99. The quantitative estimate of drug-likeness (QED) is 0.468. The first kappa shape index (κ1) is 12.2. The average molecular weight is 184 g/mol. The topological polar surface area (TPSA) is 26.3 Å². The van der Waals surface area contributed by atoms with Crippen molar-refractivity contribution in [3.8, 4) is 0 Å². The molecule has 0 bridgehead atoms. The summed E-state index contributed by atoms with van der Waals surface area (Å²) in [5, 5.41) is 0. The normalized spacial score (nSPS) is 12.8. The van der Waals surface area contributed by atoms with Crippen molar-refractivity contribution in [2.75, 3.05) is 0 Å². The Balaban J connectivity index is 3.68. The minimum Gasteiger partial charge on any atom is -0.462 e. The fraction of sp³-hybridized carbons (Fsp3) is 0.727. The van der Waals surface area contributed by atoms with Gasteiger partial charge in [0.25, 0.3) is 6.47 Å². The molecule has 0 unspecified atom stereocenters. The summed E-state index contributed by atoms with van der Waals surface area (Å²) in [5.41, 5.74) is 1.08. The van der Waals surface area contributed by atoms with Crippen LogP contribution in [-0.4, -0.2) is 12.1 Å². The van der Waals surface area contributed by atoms with Crippen LogP contribution in [0.15, 0.2) is 11.6 Å². The SMILES string of the molecule is CC=C(C)CCCC(C)(C)OC=O. The summed E-state index contributed by atoms with van der Waals surface area (Å²) < 4.78 is 4.94. The van der Waals surface area contributed by atoms with Crippen LogP contribution < -0.4 is 0 Å². The van der Waals surface area contributed by atoms with Crippen molar-refractivity contribution in [3.05, 3.63) is 11.6 Å². The third-order valence-electron chi connectivity index (χ3n) is 2.21. The van der Waals surface area contributed by atoms with Crippen LogP contribution in [0.1, 0.15) is 47.0 Å². The average Bonchev–Trinajstić information content (AvgIpc) is 2.03. The molecule has 2 nitrogen and oxygen atoms in total. The van der Waals surface area contributed by atoms with Gasteiger partial charge in [-0.2, -0.15) is 0 Å². The molecule has 0 aromatic carbocycles. The Morgan fingerprint density at radius 2 is 2.08 bits per heavy atom. The van der Waals surface area contributed by atoms with E-state index in [1.165, 1.54) is 5.57 Å². The molecular formula is C11H20O2. The lowest BCUT2D eigenvalue weighted by Gasteiger charge is -2.22. The summed E-state index contributed by atoms with van der Waals surface area (Å²) in [6.45, 7) is 8.57. The summed E-state index contributed by atoms with van der Waals surface area (Å²) >= 11 is 0. The number of rotatable bonds is 6. The van der Waals surface area contributed by atoms with Crippen molar-refractivity contribution in [2.24, 2.45) is 0 Å². The molecule has 0 fully saturated rings. The summed E-state index contributed by atoms with van der Waals surface area (Å²) in [7, 11) is 0. The van der Waals surface area contributed by atoms with E-state index in [0.29, 0.717) is 6.47 Å². The smallest absolute Gasteiger partial charge is 0.293 e. The molecule has 0 saturated carbocycles. The molecule has 0 spiro atoms. The van der Waals surface area contributed by atoms with Crippen molar-refractivity contribution in [3.63, 3.8) is 0 Å². The Morgan fingerprint density at radius 3 is 2.54 bits per heavy atom. The molecule has 0 aromatic heterocycles. The second kappa shape index (κ2) is 5.79. The first-order chi connectivity index (χ1) is 6.02. The van der Waals surface area contributed by atoms with Gasteiger partial charge in [-0.15, -0.1) is 0 Å². The second-order valence-corrected chi connectivity index (χ2v) is 3.96. The van der Waals surface area contributed by atoms with Crippen molar-refractivity contribution in [2.45, 2.75) is 52.6 Å². The Labute approximate surface area is 81.0 Å². The lowest BCUT2D eigenvalue weighted by molar-refractivity contribution is -0.140. The zero-order valence-electron chi connectivity index (χ0n) is 9.09. The molecule has 0 aliphatic heterocycles. The Bertz CT molecular complexity index is 181. The van der Waals surface area contributed by atoms with Gasteiger partial charge in [0, 0.05) is 0 Å². The molecule has 0 aliphatic carbocycles. The molecule has 0 atom stereocenters. The van der Waals surface area contributed by atoms with Crippen molar-refractivity contribution in [1.29, 1.82) is 0 Å². The standard InChI is InChI=1S/C11H20O2/c1-5-10(2)7-6-8-11(3,4)13-9-12/h5,9H,6-8H2,1-4H3. The molecule has 76 valence electrons. The first-order valence-electron chi connectivity index (χ1n) is 4.75. The van der Waals surface area contributed by atoms with E-state index in [1.807, 2.05) is 20.8 Å². The van der Waals surface area contributed by atoms with Gasteiger partial charge >= 0.3 is 0 Å². The predicted molar refractivity (Wildman–Crippen MR) is 54.5 cm³/mol. The number of ether oxygens (including phenoxy) is 1. The Hall–Kier alpha value is -0.790. The van der Waals surface area contributed by atoms with Crippen LogP contribution in [0.3, 0.4) is 0 Å². The zero-order chi connectivity index (χ0) is 10.3. The lowest BCUT2D eigenvalue weighted by Crippen LogP contribution is -2.23. The van der Waals surface area contributed by atoms with Gasteiger partial charge < -0.3 is 4.74 Å². The molecule has 13 heavy (non-hydrogen) atoms. The van der Waals surface area contributed by atoms with E-state index in [-0.39, 0.29) is 5.60 Å². The first-order valence-corrected chi connectivity index (χ1v) is 4.75. The van der Waals surface area contributed by atoms with E-state index in [4.69, 9.17) is 4.74 Å². The van der Waals surface area contributed by atoms with Crippen molar-refractivity contribution < 1.29 is 9.53 Å². The van der Waals surface area contributed by atoms with Crippen molar-refractivity contribution in [1.82, 2.24) is 0 Å². The Morgan fingerprint density at radius 1 is 1.46 bits per heavy atom. The third kappa shape index (κ3) is 6.38. The summed E-state index contributed by atoms with van der Waals surface area (Å²) in [6.07, 6.45) is 5.18. The maximum Gasteiger partial charge on any atom is 0.293 e. The number of carbonyl (C=O) groups is 1. The van der Waals surface area contributed by atoms with E-state index < -0.39 is 0 Å². The molecule has 0 aliphatic rings. The molecule has 0 aromatic rings.